The van der Waals surface area contributed by atoms with Crippen molar-refractivity contribution in [3.8, 4) is 5.75 Å². The molecule has 0 spiro atoms. The zero-order chi connectivity index (χ0) is 15.7. The van der Waals surface area contributed by atoms with Gasteiger partial charge in [0, 0.05) is 17.3 Å². The number of amides is 1. The van der Waals surface area contributed by atoms with Crippen LogP contribution in [0.25, 0.3) is 10.9 Å². The lowest BCUT2D eigenvalue weighted by molar-refractivity contribution is 0.102. The van der Waals surface area contributed by atoms with Gasteiger partial charge in [0.2, 0.25) is 0 Å². The van der Waals surface area contributed by atoms with Crippen LogP contribution in [0.15, 0.2) is 48.7 Å². The van der Waals surface area contributed by atoms with Gasteiger partial charge in [0.05, 0.1) is 5.56 Å². The van der Waals surface area contributed by atoms with E-state index in [1.807, 2.05) is 0 Å². The van der Waals surface area contributed by atoms with Crippen LogP contribution in [-0.4, -0.2) is 16.0 Å². The minimum Gasteiger partial charge on any atom is -0.505 e. The summed E-state index contributed by atoms with van der Waals surface area (Å²) in [7, 11) is 0. The second-order valence-corrected chi connectivity index (χ2v) is 4.95. The molecule has 1 aromatic heterocycles. The highest BCUT2D eigenvalue weighted by Gasteiger charge is 2.15. The Morgan fingerprint density at radius 3 is 2.78 bits per heavy atom. The van der Waals surface area contributed by atoms with E-state index in [-0.39, 0.29) is 18.7 Å². The summed E-state index contributed by atoms with van der Waals surface area (Å²) in [6.45, 7) is 1.76. The number of hydrogen-bond acceptors (Lipinski definition) is 3. The first-order valence-corrected chi connectivity index (χ1v) is 6.70. The van der Waals surface area contributed by atoms with Gasteiger partial charge in [0.15, 0.2) is 5.75 Å². The van der Waals surface area contributed by atoms with Gasteiger partial charge in [-0.3, -0.25) is 9.78 Å². The number of carbonyl (C=O) groups is 1. The molecule has 118 valence electrons. The number of phenolic OH excluding ortho intramolecular Hbond substituents is 1. The van der Waals surface area contributed by atoms with Crippen LogP contribution in [0.1, 0.15) is 23.3 Å². The fourth-order valence-corrected chi connectivity index (χ4v) is 2.23. The van der Waals surface area contributed by atoms with Gasteiger partial charge in [0.1, 0.15) is 11.3 Å². The molecule has 0 fully saturated rings. The lowest BCUT2D eigenvalue weighted by atomic mass is 10.1. The second kappa shape index (κ2) is 6.44. The van der Waals surface area contributed by atoms with Crippen LogP contribution in [0.2, 0.25) is 0 Å². The van der Waals surface area contributed by atoms with Crippen molar-refractivity contribution in [3.63, 3.8) is 0 Å². The number of nitrogens with zero attached hydrogens (tertiary/aromatic N) is 1. The minimum atomic E-state index is -0.515. The lowest BCUT2D eigenvalue weighted by Gasteiger charge is -2.10. The van der Waals surface area contributed by atoms with Crippen molar-refractivity contribution in [2.24, 2.45) is 0 Å². The molecular formula is C18H17FN2O2. The number of carbonyl (C=O) groups excluding carboxylic acids is 1. The first kappa shape index (κ1) is 16.4. The third kappa shape index (κ3) is 3.13. The Morgan fingerprint density at radius 2 is 2.00 bits per heavy atom. The number of hydrogen-bond donors (Lipinski definition) is 2. The van der Waals surface area contributed by atoms with Crippen LogP contribution < -0.4 is 5.32 Å². The molecular weight excluding hydrogens is 295 g/mol. The highest BCUT2D eigenvalue weighted by Crippen LogP contribution is 2.28. The number of nitrogens with one attached hydrogen (secondary N) is 1. The van der Waals surface area contributed by atoms with Crippen molar-refractivity contribution < 1.29 is 14.3 Å². The average molecular weight is 312 g/mol. The van der Waals surface area contributed by atoms with Crippen molar-refractivity contribution in [1.82, 2.24) is 4.98 Å². The number of pyridine rings is 1. The predicted octanol–water partition coefficient (Wildman–Crippen LogP) is 4.28. The van der Waals surface area contributed by atoms with E-state index in [1.165, 1.54) is 18.2 Å². The molecule has 0 aliphatic heterocycles. The fourth-order valence-electron chi connectivity index (χ4n) is 2.23. The van der Waals surface area contributed by atoms with E-state index < -0.39 is 11.7 Å². The number of rotatable bonds is 2. The Labute approximate surface area is 133 Å². The van der Waals surface area contributed by atoms with Gasteiger partial charge in [-0.2, -0.15) is 0 Å². The molecule has 0 bridgehead atoms. The highest BCUT2D eigenvalue weighted by molar-refractivity contribution is 6.09. The van der Waals surface area contributed by atoms with Crippen LogP contribution in [0.4, 0.5) is 10.1 Å². The molecule has 5 heteroatoms. The van der Waals surface area contributed by atoms with Gasteiger partial charge in [-0.05, 0) is 36.8 Å². The van der Waals surface area contributed by atoms with Gasteiger partial charge in [0.25, 0.3) is 5.91 Å². The molecule has 0 aliphatic carbocycles. The van der Waals surface area contributed by atoms with Crippen LogP contribution in [-0.2, 0) is 0 Å². The van der Waals surface area contributed by atoms with Gasteiger partial charge in [-0.15, -0.1) is 0 Å². The van der Waals surface area contributed by atoms with Crippen molar-refractivity contribution in [1.29, 1.82) is 0 Å². The smallest absolute Gasteiger partial charge is 0.259 e. The maximum Gasteiger partial charge on any atom is 0.259 e. The van der Waals surface area contributed by atoms with Gasteiger partial charge in [-0.1, -0.05) is 25.6 Å². The molecule has 1 amide bonds. The zero-order valence-corrected chi connectivity index (χ0v) is 11.8. The minimum absolute atomic E-state index is 0. The summed E-state index contributed by atoms with van der Waals surface area (Å²) in [5.41, 5.74) is 1.54. The van der Waals surface area contributed by atoms with Crippen molar-refractivity contribution in [3.05, 3.63) is 65.6 Å². The Balaban J connectivity index is 0.00000192. The fraction of sp³-hybridized carbons (Fsp3) is 0.111. The number of aromatic nitrogens is 1. The average Bonchev–Trinajstić information content (AvgIpc) is 2.51. The normalized spacial score (nSPS) is 10.2. The first-order valence-electron chi connectivity index (χ1n) is 6.70. The van der Waals surface area contributed by atoms with E-state index in [9.17, 15) is 14.3 Å². The third-order valence-electron chi connectivity index (χ3n) is 3.44. The van der Waals surface area contributed by atoms with Crippen molar-refractivity contribution in [2.75, 3.05) is 5.32 Å². The van der Waals surface area contributed by atoms with E-state index in [1.54, 1.807) is 37.4 Å². The Bertz CT molecular complexity index is 878. The standard InChI is InChI=1S/C17H13FN2O2.CH4/c1-10-4-6-12(18)9-14(10)20-17(22)13-7-5-11-3-2-8-19-15(11)16(13)21;/h2-9,21H,1H3,(H,20,22);1H4. The van der Waals surface area contributed by atoms with Crippen LogP contribution >= 0.6 is 0 Å². The molecule has 0 saturated heterocycles. The zero-order valence-electron chi connectivity index (χ0n) is 11.8. The SMILES string of the molecule is C.Cc1ccc(F)cc1NC(=O)c1ccc2cccnc2c1O. The quantitative estimate of drug-likeness (QED) is 0.742. The topological polar surface area (TPSA) is 62.2 Å². The molecule has 0 saturated carbocycles. The van der Waals surface area contributed by atoms with E-state index in [0.29, 0.717) is 11.2 Å². The Hall–Kier alpha value is -2.95. The molecule has 1 heterocycles. The number of aromatic hydroxyl groups is 1. The molecule has 4 nitrogen and oxygen atoms in total. The van der Waals surface area contributed by atoms with Crippen molar-refractivity contribution in [2.45, 2.75) is 14.4 Å². The summed E-state index contributed by atoms with van der Waals surface area (Å²) in [4.78, 5) is 16.4. The predicted molar refractivity (Wildman–Crippen MR) is 89.2 cm³/mol. The third-order valence-corrected chi connectivity index (χ3v) is 3.44. The summed E-state index contributed by atoms with van der Waals surface area (Å²) < 4.78 is 13.3. The van der Waals surface area contributed by atoms with Gasteiger partial charge < -0.3 is 10.4 Å². The second-order valence-electron chi connectivity index (χ2n) is 4.95. The van der Waals surface area contributed by atoms with Crippen LogP contribution in [0.3, 0.4) is 0 Å². The van der Waals surface area contributed by atoms with Crippen LogP contribution in [0.5, 0.6) is 5.75 Å². The number of halogens is 1. The first-order chi connectivity index (χ1) is 10.6. The van der Waals surface area contributed by atoms with E-state index in [4.69, 9.17) is 0 Å². The summed E-state index contributed by atoms with van der Waals surface area (Å²) >= 11 is 0. The van der Waals surface area contributed by atoms with Crippen LogP contribution in [0, 0.1) is 12.7 Å². The molecule has 2 aromatic carbocycles. The maximum atomic E-state index is 13.3. The molecule has 3 aromatic rings. The number of anilines is 1. The summed E-state index contributed by atoms with van der Waals surface area (Å²) in [6, 6.07) is 10.9. The Kier molecular flexibility index (Phi) is 4.60. The summed E-state index contributed by atoms with van der Waals surface area (Å²) in [5.74, 6) is -1.14. The van der Waals surface area contributed by atoms with Gasteiger partial charge in [-0.25, -0.2) is 4.39 Å². The molecule has 23 heavy (non-hydrogen) atoms. The molecule has 0 unspecified atom stereocenters. The highest BCUT2D eigenvalue weighted by atomic mass is 19.1. The summed E-state index contributed by atoms with van der Waals surface area (Å²) in [5, 5.41) is 13.6. The molecule has 0 radical (unpaired) electrons. The van der Waals surface area contributed by atoms with E-state index in [0.717, 1.165) is 10.9 Å². The number of fused-ring (bicyclic) bond motifs is 1. The van der Waals surface area contributed by atoms with E-state index >= 15 is 0 Å². The largest absolute Gasteiger partial charge is 0.505 e. The van der Waals surface area contributed by atoms with E-state index in [2.05, 4.69) is 10.3 Å². The molecule has 3 rings (SSSR count). The number of benzene rings is 2. The molecule has 2 N–H and O–H groups in total. The molecule has 0 atom stereocenters. The lowest BCUT2D eigenvalue weighted by Crippen LogP contribution is -2.13. The number of aryl methyl sites for hydroxylation is 1. The number of phenols is 1. The van der Waals surface area contributed by atoms with Gasteiger partial charge >= 0.3 is 0 Å². The summed E-state index contributed by atoms with van der Waals surface area (Å²) in [6.07, 6.45) is 1.54. The monoisotopic (exact) mass is 312 g/mol. The molecule has 0 aliphatic rings. The maximum absolute atomic E-state index is 13.3. The van der Waals surface area contributed by atoms with Crippen molar-refractivity contribution >= 4 is 22.5 Å². The Morgan fingerprint density at radius 1 is 1.22 bits per heavy atom.